The lowest BCUT2D eigenvalue weighted by atomic mass is 10.0. The lowest BCUT2D eigenvalue weighted by Gasteiger charge is -2.16. The molecule has 9 heteroatoms. The molecule has 1 unspecified atom stereocenters. The molecule has 1 aromatic heterocycles. The third-order valence-corrected chi connectivity index (χ3v) is 3.18. The molecule has 0 fully saturated rings. The van der Waals surface area contributed by atoms with E-state index in [1.807, 2.05) is 5.32 Å². The zero-order valence-electron chi connectivity index (χ0n) is 12.4. The summed E-state index contributed by atoms with van der Waals surface area (Å²) in [7, 11) is 0. The quantitative estimate of drug-likeness (QED) is 0.872. The van der Waals surface area contributed by atoms with Crippen LogP contribution in [0.4, 0.5) is 13.2 Å². The summed E-state index contributed by atoms with van der Waals surface area (Å²) in [5.74, 6) is -2.71. The van der Waals surface area contributed by atoms with Crippen LogP contribution in [0.15, 0.2) is 34.9 Å². The third kappa shape index (κ3) is 4.12. The minimum Gasteiger partial charge on any atom is -0.480 e. The van der Waals surface area contributed by atoms with Crippen molar-refractivity contribution in [2.75, 3.05) is 0 Å². The highest BCUT2D eigenvalue weighted by Crippen LogP contribution is 2.26. The number of carbonyl (C=O) groups excluding carboxylic acids is 1. The predicted octanol–water partition coefficient (Wildman–Crippen LogP) is 2.79. The summed E-state index contributed by atoms with van der Waals surface area (Å²) >= 11 is 0. The molecule has 2 aromatic rings. The Labute approximate surface area is 134 Å². The van der Waals surface area contributed by atoms with E-state index >= 15 is 0 Å². The number of hydrogen-bond acceptors (Lipinski definition) is 4. The van der Waals surface area contributed by atoms with Gasteiger partial charge in [0.05, 0.1) is 6.42 Å². The Kier molecular flexibility index (Phi) is 4.91. The van der Waals surface area contributed by atoms with Crippen molar-refractivity contribution in [2.24, 2.45) is 0 Å². The van der Waals surface area contributed by atoms with Gasteiger partial charge in [0, 0.05) is 5.56 Å². The van der Waals surface area contributed by atoms with Crippen LogP contribution in [-0.2, 0) is 4.79 Å². The Balaban J connectivity index is 2.30. The van der Waals surface area contributed by atoms with Gasteiger partial charge in [-0.05, 0) is 6.92 Å². The zero-order chi connectivity index (χ0) is 17.9. The van der Waals surface area contributed by atoms with Crippen LogP contribution in [0, 0.1) is 6.92 Å². The maximum absolute atomic E-state index is 12.4. The lowest BCUT2D eigenvalue weighted by Crippen LogP contribution is -2.43. The smallest absolute Gasteiger partial charge is 0.391 e. The summed E-state index contributed by atoms with van der Waals surface area (Å²) in [6, 6.07) is 6.28. The summed E-state index contributed by atoms with van der Waals surface area (Å²) in [6.07, 6.45) is -6.42. The highest BCUT2D eigenvalue weighted by Gasteiger charge is 2.37. The second-order valence-corrected chi connectivity index (χ2v) is 5.01. The average molecular weight is 342 g/mol. The fourth-order valence-corrected chi connectivity index (χ4v) is 2.09. The molecular weight excluding hydrogens is 329 g/mol. The van der Waals surface area contributed by atoms with Gasteiger partial charge in [0.1, 0.15) is 23.1 Å². The second kappa shape index (κ2) is 6.73. The topological polar surface area (TPSA) is 92.4 Å². The van der Waals surface area contributed by atoms with E-state index in [9.17, 15) is 22.8 Å². The van der Waals surface area contributed by atoms with Crippen LogP contribution >= 0.6 is 0 Å². The molecule has 0 radical (unpaired) electrons. The Morgan fingerprint density at radius 1 is 1.29 bits per heavy atom. The number of rotatable bonds is 5. The number of nitrogens with one attached hydrogen (secondary N) is 1. The first kappa shape index (κ1) is 17.5. The summed E-state index contributed by atoms with van der Waals surface area (Å²) in [4.78, 5) is 23.2. The number of alkyl halides is 3. The van der Waals surface area contributed by atoms with E-state index in [4.69, 9.17) is 9.63 Å². The van der Waals surface area contributed by atoms with Crippen molar-refractivity contribution in [3.63, 3.8) is 0 Å². The van der Waals surface area contributed by atoms with E-state index in [0.717, 1.165) is 0 Å². The van der Waals surface area contributed by atoms with Gasteiger partial charge in [-0.3, -0.25) is 4.79 Å². The monoisotopic (exact) mass is 342 g/mol. The maximum atomic E-state index is 12.4. The molecule has 0 aliphatic rings. The van der Waals surface area contributed by atoms with Crippen molar-refractivity contribution in [3.05, 3.63) is 41.7 Å². The van der Waals surface area contributed by atoms with Gasteiger partial charge >= 0.3 is 12.1 Å². The molecule has 1 amide bonds. The highest BCUT2D eigenvalue weighted by molar-refractivity contribution is 6.02. The molecule has 1 atom stereocenters. The molecular formula is C15H13F3N2O4. The number of hydrogen-bond donors (Lipinski definition) is 2. The van der Waals surface area contributed by atoms with Gasteiger partial charge < -0.3 is 14.9 Å². The largest absolute Gasteiger partial charge is 0.480 e. The van der Waals surface area contributed by atoms with Crippen molar-refractivity contribution in [2.45, 2.75) is 25.6 Å². The van der Waals surface area contributed by atoms with E-state index in [0.29, 0.717) is 5.56 Å². The standard InChI is InChI=1S/C15H13F3N2O4/c1-8-11(12(20-24-8)9-5-3-2-4-6-9)13(21)19-10(14(22)23)7-15(16,17)18/h2-6,10H,7H2,1H3,(H,19,21)(H,22,23). The van der Waals surface area contributed by atoms with Crippen LogP contribution in [0.25, 0.3) is 11.3 Å². The van der Waals surface area contributed by atoms with Crippen molar-refractivity contribution >= 4 is 11.9 Å². The number of aliphatic carboxylic acids is 1. The normalized spacial score (nSPS) is 12.7. The van der Waals surface area contributed by atoms with Crippen molar-refractivity contribution in [1.82, 2.24) is 10.5 Å². The van der Waals surface area contributed by atoms with E-state index < -0.39 is 30.5 Å². The Bertz CT molecular complexity index is 741. The van der Waals surface area contributed by atoms with Crippen molar-refractivity contribution in [3.8, 4) is 11.3 Å². The van der Waals surface area contributed by atoms with Crippen LogP contribution in [0.3, 0.4) is 0 Å². The van der Waals surface area contributed by atoms with Crippen LogP contribution < -0.4 is 5.32 Å². The Morgan fingerprint density at radius 3 is 2.46 bits per heavy atom. The number of benzene rings is 1. The van der Waals surface area contributed by atoms with Crippen molar-refractivity contribution < 1.29 is 32.4 Å². The molecule has 0 saturated heterocycles. The van der Waals surface area contributed by atoms with Crippen molar-refractivity contribution in [1.29, 1.82) is 0 Å². The molecule has 0 aliphatic carbocycles. The fourth-order valence-electron chi connectivity index (χ4n) is 2.09. The first-order valence-corrected chi connectivity index (χ1v) is 6.81. The molecule has 0 saturated carbocycles. The van der Waals surface area contributed by atoms with Crippen LogP contribution in [0.5, 0.6) is 0 Å². The number of carboxylic acids is 1. The first-order chi connectivity index (χ1) is 11.2. The lowest BCUT2D eigenvalue weighted by molar-refractivity contribution is -0.157. The first-order valence-electron chi connectivity index (χ1n) is 6.81. The number of aryl methyl sites for hydroxylation is 1. The second-order valence-electron chi connectivity index (χ2n) is 5.01. The van der Waals surface area contributed by atoms with Crippen LogP contribution in [-0.4, -0.2) is 34.4 Å². The summed E-state index contributed by atoms with van der Waals surface area (Å²) in [6.45, 7) is 1.41. The average Bonchev–Trinajstić information content (AvgIpc) is 2.88. The summed E-state index contributed by atoms with van der Waals surface area (Å²) < 4.78 is 42.2. The molecule has 128 valence electrons. The van der Waals surface area contributed by atoms with Gasteiger partial charge in [0.2, 0.25) is 0 Å². The molecule has 6 nitrogen and oxygen atoms in total. The maximum Gasteiger partial charge on any atom is 0.391 e. The van der Waals surface area contributed by atoms with Gasteiger partial charge in [-0.25, -0.2) is 4.79 Å². The molecule has 0 aliphatic heterocycles. The van der Waals surface area contributed by atoms with E-state index in [2.05, 4.69) is 5.16 Å². The Hall–Kier alpha value is -2.84. The zero-order valence-corrected chi connectivity index (χ0v) is 12.4. The van der Waals surface area contributed by atoms with Crippen LogP contribution in [0.2, 0.25) is 0 Å². The van der Waals surface area contributed by atoms with E-state index in [1.54, 1.807) is 30.3 Å². The molecule has 2 N–H and O–H groups in total. The van der Waals surface area contributed by atoms with E-state index in [-0.39, 0.29) is 17.0 Å². The molecule has 0 spiro atoms. The van der Waals surface area contributed by atoms with Gasteiger partial charge in [-0.2, -0.15) is 13.2 Å². The highest BCUT2D eigenvalue weighted by atomic mass is 19.4. The van der Waals surface area contributed by atoms with Crippen LogP contribution in [0.1, 0.15) is 22.5 Å². The molecule has 2 rings (SSSR count). The minimum absolute atomic E-state index is 0.0718. The SMILES string of the molecule is Cc1onc(-c2ccccc2)c1C(=O)NC(CC(F)(F)F)C(=O)O. The van der Waals surface area contributed by atoms with E-state index in [1.165, 1.54) is 6.92 Å². The fraction of sp³-hybridized carbons (Fsp3) is 0.267. The number of halogens is 3. The molecule has 0 bridgehead atoms. The number of aromatic nitrogens is 1. The van der Waals surface area contributed by atoms with Gasteiger partial charge in [-0.15, -0.1) is 0 Å². The number of nitrogens with zero attached hydrogens (tertiary/aromatic N) is 1. The number of carboxylic acid groups (broad SMARTS) is 1. The Morgan fingerprint density at radius 2 is 1.92 bits per heavy atom. The summed E-state index contributed by atoms with van der Waals surface area (Å²) in [5.41, 5.74) is 0.540. The number of amides is 1. The third-order valence-electron chi connectivity index (χ3n) is 3.18. The number of carbonyl (C=O) groups is 2. The molecule has 1 heterocycles. The molecule has 1 aromatic carbocycles. The minimum atomic E-state index is -4.73. The van der Waals surface area contributed by atoms with Gasteiger partial charge in [0.15, 0.2) is 0 Å². The van der Waals surface area contributed by atoms with Gasteiger partial charge in [-0.1, -0.05) is 35.5 Å². The van der Waals surface area contributed by atoms with Gasteiger partial charge in [0.25, 0.3) is 5.91 Å². The predicted molar refractivity (Wildman–Crippen MR) is 76.2 cm³/mol. The summed E-state index contributed by atoms with van der Waals surface area (Å²) in [5, 5.41) is 14.5. The molecule has 24 heavy (non-hydrogen) atoms.